The lowest BCUT2D eigenvalue weighted by atomic mass is 10.1. The predicted octanol–water partition coefficient (Wildman–Crippen LogP) is 3.24. The summed E-state index contributed by atoms with van der Waals surface area (Å²) in [5.41, 5.74) is 1.20. The normalized spacial score (nSPS) is 12.6. The van der Waals surface area contributed by atoms with E-state index in [9.17, 15) is 0 Å². The Kier molecular flexibility index (Phi) is 10.2. The zero-order valence-electron chi connectivity index (χ0n) is 16.1. The number of benzene rings is 1. The van der Waals surface area contributed by atoms with Gasteiger partial charge in [0.2, 0.25) is 0 Å². The number of halogens is 1. The molecule has 2 N–H and O–H groups in total. The summed E-state index contributed by atoms with van der Waals surface area (Å²) in [6, 6.07) is 10.6. The first kappa shape index (κ1) is 22.4. The monoisotopic (exact) mass is 470 g/mol. The third kappa shape index (κ3) is 7.31. The minimum absolute atomic E-state index is 0. The van der Waals surface area contributed by atoms with Gasteiger partial charge in [-0.3, -0.25) is 0 Å². The Hall–Kier alpha value is -1.64. The molecule has 1 aromatic heterocycles. The lowest BCUT2D eigenvalue weighted by Gasteiger charge is -2.21. The molecule has 0 saturated heterocycles. The van der Waals surface area contributed by atoms with Crippen LogP contribution in [0.25, 0.3) is 0 Å². The second-order valence-electron chi connectivity index (χ2n) is 6.55. The lowest BCUT2D eigenvalue weighted by Crippen LogP contribution is -2.45. The van der Waals surface area contributed by atoms with Crippen LogP contribution < -0.4 is 10.6 Å². The number of rotatable bonds is 8. The summed E-state index contributed by atoms with van der Waals surface area (Å²) in [6.07, 6.45) is 2.67. The van der Waals surface area contributed by atoms with Crippen LogP contribution in [0.4, 0.5) is 0 Å². The van der Waals surface area contributed by atoms with Crippen molar-refractivity contribution in [2.24, 2.45) is 10.9 Å². The van der Waals surface area contributed by atoms with E-state index in [1.54, 1.807) is 6.33 Å². The molecule has 0 aliphatic heterocycles. The van der Waals surface area contributed by atoms with Crippen LogP contribution in [0.5, 0.6) is 0 Å². The largest absolute Gasteiger partial charge is 0.355 e. The number of guanidine groups is 1. The average Bonchev–Trinajstić information content (AvgIpc) is 3.07. The van der Waals surface area contributed by atoms with Crippen LogP contribution in [0.1, 0.15) is 39.1 Å². The molecule has 0 aliphatic rings. The second-order valence-corrected chi connectivity index (χ2v) is 6.55. The summed E-state index contributed by atoms with van der Waals surface area (Å²) < 4.78 is 2.08. The van der Waals surface area contributed by atoms with Crippen molar-refractivity contribution in [2.75, 3.05) is 6.54 Å². The van der Waals surface area contributed by atoms with Gasteiger partial charge in [0.15, 0.2) is 5.96 Å². The first-order valence-electron chi connectivity index (χ1n) is 9.05. The molecule has 7 heteroatoms. The van der Waals surface area contributed by atoms with Gasteiger partial charge in [-0.1, -0.05) is 51.1 Å². The van der Waals surface area contributed by atoms with Crippen molar-refractivity contribution in [3.8, 4) is 0 Å². The first-order chi connectivity index (χ1) is 12.1. The van der Waals surface area contributed by atoms with Crippen molar-refractivity contribution in [2.45, 2.75) is 53.2 Å². The van der Waals surface area contributed by atoms with Crippen LogP contribution in [0.15, 0.2) is 41.7 Å². The minimum atomic E-state index is 0. The quantitative estimate of drug-likeness (QED) is 0.353. The molecule has 0 bridgehead atoms. The van der Waals surface area contributed by atoms with Gasteiger partial charge in [-0.2, -0.15) is 0 Å². The molecule has 2 rings (SSSR count). The fraction of sp³-hybridized carbons (Fsp3) is 0.526. The van der Waals surface area contributed by atoms with E-state index in [1.165, 1.54) is 5.56 Å². The number of hydrogen-bond acceptors (Lipinski definition) is 3. The van der Waals surface area contributed by atoms with Gasteiger partial charge in [-0.25, -0.2) is 4.99 Å². The molecule has 26 heavy (non-hydrogen) atoms. The first-order valence-corrected chi connectivity index (χ1v) is 9.05. The lowest BCUT2D eigenvalue weighted by molar-refractivity contribution is 0.479. The number of hydrogen-bond donors (Lipinski definition) is 2. The standard InChI is InChI=1S/C19H30N6.HI/c1-5-18-24-22-14-25(18)12-11-20-19(23-16(4)15(2)3)21-13-17-9-7-6-8-10-17;/h6-10,14-16H,5,11-13H2,1-4H3,(H2,20,21,23);1H. The molecule has 2 aromatic rings. The molecule has 1 aromatic carbocycles. The summed E-state index contributed by atoms with van der Waals surface area (Å²) in [7, 11) is 0. The van der Waals surface area contributed by atoms with E-state index in [0.717, 1.165) is 31.3 Å². The molecule has 6 nitrogen and oxygen atoms in total. The Morgan fingerprint density at radius 2 is 1.92 bits per heavy atom. The van der Waals surface area contributed by atoms with Gasteiger partial charge in [0.25, 0.3) is 0 Å². The van der Waals surface area contributed by atoms with Crippen LogP contribution in [-0.4, -0.2) is 33.3 Å². The van der Waals surface area contributed by atoms with E-state index in [1.807, 2.05) is 18.2 Å². The molecule has 144 valence electrons. The minimum Gasteiger partial charge on any atom is -0.355 e. The van der Waals surface area contributed by atoms with Crippen molar-refractivity contribution in [1.82, 2.24) is 25.4 Å². The Balaban J connectivity index is 0.00000338. The van der Waals surface area contributed by atoms with E-state index in [2.05, 4.69) is 65.2 Å². The van der Waals surface area contributed by atoms with Crippen molar-refractivity contribution >= 4 is 29.9 Å². The fourth-order valence-electron chi connectivity index (χ4n) is 2.32. The third-order valence-electron chi connectivity index (χ3n) is 4.28. The highest BCUT2D eigenvalue weighted by molar-refractivity contribution is 14.0. The summed E-state index contributed by atoms with van der Waals surface area (Å²) in [5, 5.41) is 15.0. The molecule has 1 heterocycles. The molecule has 0 amide bonds. The topological polar surface area (TPSA) is 67.1 Å². The third-order valence-corrected chi connectivity index (χ3v) is 4.28. The van der Waals surface area contributed by atoms with Crippen molar-refractivity contribution in [3.05, 3.63) is 48.0 Å². The Bertz CT molecular complexity index is 653. The Labute approximate surface area is 173 Å². The summed E-state index contributed by atoms with van der Waals surface area (Å²) in [5.74, 6) is 2.39. The predicted molar refractivity (Wildman–Crippen MR) is 118 cm³/mol. The maximum absolute atomic E-state index is 4.73. The van der Waals surface area contributed by atoms with Crippen LogP contribution >= 0.6 is 24.0 Å². The van der Waals surface area contributed by atoms with Gasteiger partial charge >= 0.3 is 0 Å². The molecule has 1 atom stereocenters. The van der Waals surface area contributed by atoms with Crippen molar-refractivity contribution < 1.29 is 0 Å². The Morgan fingerprint density at radius 1 is 1.19 bits per heavy atom. The molecule has 0 fully saturated rings. The smallest absolute Gasteiger partial charge is 0.191 e. The number of nitrogens with zero attached hydrogens (tertiary/aromatic N) is 4. The number of aromatic nitrogens is 3. The van der Waals surface area contributed by atoms with Gasteiger partial charge in [0.05, 0.1) is 6.54 Å². The van der Waals surface area contributed by atoms with Crippen LogP contribution in [0.2, 0.25) is 0 Å². The Morgan fingerprint density at radius 3 is 2.58 bits per heavy atom. The van der Waals surface area contributed by atoms with E-state index in [0.29, 0.717) is 18.5 Å². The van der Waals surface area contributed by atoms with Crippen LogP contribution in [0, 0.1) is 5.92 Å². The van der Waals surface area contributed by atoms with Crippen LogP contribution in [0.3, 0.4) is 0 Å². The summed E-state index contributed by atoms with van der Waals surface area (Å²) >= 11 is 0. The van der Waals surface area contributed by atoms with E-state index in [-0.39, 0.29) is 24.0 Å². The second kappa shape index (κ2) is 11.9. The molecule has 0 saturated carbocycles. The maximum Gasteiger partial charge on any atom is 0.191 e. The molecule has 1 unspecified atom stereocenters. The van der Waals surface area contributed by atoms with Gasteiger partial charge in [-0.05, 0) is 18.4 Å². The van der Waals surface area contributed by atoms with Gasteiger partial charge < -0.3 is 15.2 Å². The van der Waals surface area contributed by atoms with Crippen molar-refractivity contribution in [3.63, 3.8) is 0 Å². The molecule has 0 aliphatic carbocycles. The maximum atomic E-state index is 4.73. The van der Waals surface area contributed by atoms with Gasteiger partial charge in [0, 0.05) is 25.6 Å². The number of nitrogens with one attached hydrogen (secondary N) is 2. The average molecular weight is 470 g/mol. The van der Waals surface area contributed by atoms with Crippen LogP contribution in [-0.2, 0) is 19.5 Å². The fourth-order valence-corrected chi connectivity index (χ4v) is 2.32. The van der Waals surface area contributed by atoms with E-state index < -0.39 is 0 Å². The zero-order valence-corrected chi connectivity index (χ0v) is 18.5. The number of aryl methyl sites for hydroxylation is 1. The highest BCUT2D eigenvalue weighted by Gasteiger charge is 2.09. The summed E-state index contributed by atoms with van der Waals surface area (Å²) in [4.78, 5) is 4.73. The molecular weight excluding hydrogens is 439 g/mol. The molecule has 0 radical (unpaired) electrons. The number of aliphatic imine (C=N–C) groups is 1. The highest BCUT2D eigenvalue weighted by Crippen LogP contribution is 2.02. The molecule has 0 spiro atoms. The van der Waals surface area contributed by atoms with Crippen molar-refractivity contribution in [1.29, 1.82) is 0 Å². The zero-order chi connectivity index (χ0) is 18.1. The SMILES string of the molecule is CCc1nncn1CCNC(=NCc1ccccc1)NC(C)C(C)C.I. The van der Waals surface area contributed by atoms with Gasteiger partial charge in [0.1, 0.15) is 12.2 Å². The van der Waals surface area contributed by atoms with Gasteiger partial charge in [-0.15, -0.1) is 34.2 Å². The highest BCUT2D eigenvalue weighted by atomic mass is 127. The summed E-state index contributed by atoms with van der Waals surface area (Å²) in [6.45, 7) is 10.9. The molecular formula is C19H31IN6. The van der Waals surface area contributed by atoms with E-state index >= 15 is 0 Å². The van der Waals surface area contributed by atoms with E-state index in [4.69, 9.17) is 4.99 Å².